The van der Waals surface area contributed by atoms with Gasteiger partial charge < -0.3 is 24.2 Å². The van der Waals surface area contributed by atoms with Gasteiger partial charge in [0.25, 0.3) is 5.90 Å². The fraction of sp³-hybridized carbons (Fsp3) is 0.375. The molecule has 0 saturated heterocycles. The highest BCUT2D eigenvalue weighted by molar-refractivity contribution is 6.04. The number of rotatable bonds is 4. The van der Waals surface area contributed by atoms with Gasteiger partial charge in [-0.15, -0.1) is 0 Å². The van der Waals surface area contributed by atoms with Crippen LogP contribution in [0.2, 0.25) is 0 Å². The summed E-state index contributed by atoms with van der Waals surface area (Å²) < 4.78 is 20.3. The number of nitrogens with zero attached hydrogens (tertiary/aromatic N) is 2. The van der Waals surface area contributed by atoms with Crippen LogP contribution in [0.15, 0.2) is 17.5 Å². The molecule has 0 spiro atoms. The van der Waals surface area contributed by atoms with Crippen LogP contribution in [0.25, 0.3) is 0 Å². The largest absolute Gasteiger partial charge is 0.465 e. The summed E-state index contributed by atoms with van der Waals surface area (Å²) in [7, 11) is 3.72. The van der Waals surface area contributed by atoms with Crippen molar-refractivity contribution in [3.05, 3.63) is 40.4 Å². The Morgan fingerprint density at radius 2 is 1.64 bits per heavy atom. The Balaban J connectivity index is 3.01. The monoisotopic (exact) mass is 350 g/mol. The van der Waals surface area contributed by atoms with Crippen molar-refractivity contribution in [2.24, 2.45) is 5.16 Å². The Morgan fingerprint density at radius 1 is 1.12 bits per heavy atom. The zero-order chi connectivity index (χ0) is 18.8. The highest BCUT2D eigenvalue weighted by atomic mass is 16.6. The summed E-state index contributed by atoms with van der Waals surface area (Å²) in [6, 6.07) is 0. The smallest absolute Gasteiger partial charge is 0.340 e. The predicted molar refractivity (Wildman–Crippen MR) is 84.5 cm³/mol. The van der Waals surface area contributed by atoms with Crippen molar-refractivity contribution in [1.29, 1.82) is 0 Å². The van der Waals surface area contributed by atoms with E-state index >= 15 is 0 Å². The van der Waals surface area contributed by atoms with Crippen LogP contribution in [0.5, 0.6) is 0 Å². The molecule has 134 valence electrons. The van der Waals surface area contributed by atoms with E-state index in [1.807, 2.05) is 0 Å². The third-order valence-electron chi connectivity index (χ3n) is 3.92. The molecule has 1 aromatic rings. The topological polar surface area (TPSA) is 117 Å². The highest BCUT2D eigenvalue weighted by Crippen LogP contribution is 2.40. The van der Waals surface area contributed by atoms with Crippen molar-refractivity contribution in [2.45, 2.75) is 19.4 Å². The Labute approximate surface area is 143 Å². The van der Waals surface area contributed by atoms with Gasteiger partial charge in [0.1, 0.15) is 0 Å². The van der Waals surface area contributed by atoms with E-state index in [9.17, 15) is 14.8 Å². The van der Waals surface area contributed by atoms with Gasteiger partial charge in [-0.25, -0.2) is 9.59 Å². The molecule has 0 aliphatic carbocycles. The first-order chi connectivity index (χ1) is 11.9. The molecule has 0 radical (unpaired) electrons. The lowest BCUT2D eigenvalue weighted by molar-refractivity contribution is 0.0535. The number of methoxy groups -OCH3 is 3. The van der Waals surface area contributed by atoms with Gasteiger partial charge in [0.05, 0.1) is 43.0 Å². The minimum Gasteiger partial charge on any atom is -0.465 e. The first kappa shape index (κ1) is 18.4. The van der Waals surface area contributed by atoms with Gasteiger partial charge >= 0.3 is 11.9 Å². The normalized spacial score (nSPS) is 20.4. The first-order valence-electron chi connectivity index (χ1n) is 7.18. The summed E-state index contributed by atoms with van der Waals surface area (Å²) in [6.07, 6.45) is 2.64. The quantitative estimate of drug-likeness (QED) is 0.492. The van der Waals surface area contributed by atoms with Gasteiger partial charge in [-0.2, -0.15) is 0 Å². The van der Waals surface area contributed by atoms with Crippen molar-refractivity contribution in [2.75, 3.05) is 21.3 Å². The lowest BCUT2D eigenvalue weighted by atomic mass is 9.84. The van der Waals surface area contributed by atoms with Crippen LogP contribution in [0.4, 0.5) is 0 Å². The van der Waals surface area contributed by atoms with E-state index in [1.165, 1.54) is 33.7 Å². The summed E-state index contributed by atoms with van der Waals surface area (Å²) in [4.78, 5) is 29.0. The molecule has 0 bridgehead atoms. The number of aryl methyl sites for hydroxylation is 2. The number of ether oxygens (including phenoxy) is 4. The van der Waals surface area contributed by atoms with Gasteiger partial charge in [0.2, 0.25) is 0 Å². The average molecular weight is 350 g/mol. The van der Waals surface area contributed by atoms with Gasteiger partial charge in [0, 0.05) is 12.7 Å². The van der Waals surface area contributed by atoms with Crippen molar-refractivity contribution in [3.63, 3.8) is 0 Å². The van der Waals surface area contributed by atoms with Crippen LogP contribution in [0.1, 0.15) is 37.7 Å². The zero-order valence-corrected chi connectivity index (χ0v) is 14.4. The van der Waals surface area contributed by atoms with E-state index in [0.29, 0.717) is 11.4 Å². The van der Waals surface area contributed by atoms with Gasteiger partial charge in [-0.3, -0.25) is 4.98 Å². The number of aromatic nitrogens is 1. The summed E-state index contributed by atoms with van der Waals surface area (Å²) in [5.41, 5.74) is -0.958. The van der Waals surface area contributed by atoms with Crippen LogP contribution in [-0.2, 0) is 24.5 Å². The molecule has 0 amide bonds. The number of carbonyl (C=O) groups excluding carboxylic acids is 2. The molecule has 9 nitrogen and oxygen atoms in total. The second-order valence-corrected chi connectivity index (χ2v) is 5.16. The summed E-state index contributed by atoms with van der Waals surface area (Å²) >= 11 is 0. The molecule has 25 heavy (non-hydrogen) atoms. The number of oxime groups is 1. The maximum absolute atomic E-state index is 12.4. The van der Waals surface area contributed by atoms with Gasteiger partial charge in [0.15, 0.2) is 5.60 Å². The van der Waals surface area contributed by atoms with E-state index in [1.54, 1.807) is 13.8 Å². The van der Waals surface area contributed by atoms with E-state index in [2.05, 4.69) is 10.1 Å². The number of esters is 2. The average Bonchev–Trinajstić information content (AvgIpc) is 3.03. The molecule has 0 saturated carbocycles. The molecule has 1 unspecified atom stereocenters. The van der Waals surface area contributed by atoms with E-state index in [0.717, 1.165) is 0 Å². The third-order valence-corrected chi connectivity index (χ3v) is 3.92. The molecule has 1 aliphatic rings. The molecule has 0 fully saturated rings. The second-order valence-electron chi connectivity index (χ2n) is 5.16. The van der Waals surface area contributed by atoms with E-state index in [-0.39, 0.29) is 22.6 Å². The fourth-order valence-electron chi connectivity index (χ4n) is 2.82. The lowest BCUT2D eigenvalue weighted by Crippen LogP contribution is -2.38. The summed E-state index contributed by atoms with van der Waals surface area (Å²) in [5, 5.41) is 12.4. The lowest BCUT2D eigenvalue weighted by Gasteiger charge is -2.29. The van der Waals surface area contributed by atoms with Crippen molar-refractivity contribution in [3.8, 4) is 0 Å². The number of hydrogen-bond donors (Lipinski definition) is 1. The van der Waals surface area contributed by atoms with Gasteiger partial charge in [-0.05, 0) is 19.9 Å². The third kappa shape index (κ3) is 2.72. The molecule has 9 heteroatoms. The molecular formula is C16H18N2O7. The van der Waals surface area contributed by atoms with Crippen LogP contribution in [0, 0.1) is 13.8 Å². The number of carbonyl (C=O) groups is 2. The molecule has 2 heterocycles. The maximum Gasteiger partial charge on any atom is 0.340 e. The van der Waals surface area contributed by atoms with Crippen LogP contribution < -0.4 is 0 Å². The van der Waals surface area contributed by atoms with E-state index in [4.69, 9.17) is 18.9 Å². The number of hydrogen-bond acceptors (Lipinski definition) is 9. The van der Waals surface area contributed by atoms with Gasteiger partial charge in [-0.1, -0.05) is 5.16 Å². The van der Waals surface area contributed by atoms with Crippen LogP contribution in [-0.4, -0.2) is 49.4 Å². The van der Waals surface area contributed by atoms with Crippen LogP contribution >= 0.6 is 0 Å². The van der Waals surface area contributed by atoms with Crippen LogP contribution in [0.3, 0.4) is 0 Å². The van der Waals surface area contributed by atoms with Crippen molar-refractivity contribution in [1.82, 2.24) is 4.98 Å². The standard InChI is InChI=1S/C16H18N2O7/c1-8-10(13(19)22-3)12(11(9(2)17-8)14(20)23-4)16(24-5)6-7-25-15(16)18-21/h6-7,21H,1-5H3/b18-15+. The summed E-state index contributed by atoms with van der Waals surface area (Å²) in [5.74, 6) is -1.74. The Bertz CT molecular complexity index is 745. The Hall–Kier alpha value is -2.94. The second kappa shape index (κ2) is 6.89. The molecule has 0 aromatic carbocycles. The Kier molecular flexibility index (Phi) is 5.07. The van der Waals surface area contributed by atoms with Crippen molar-refractivity contribution >= 4 is 17.8 Å². The molecule has 2 rings (SSSR count). The zero-order valence-electron chi connectivity index (χ0n) is 14.4. The maximum atomic E-state index is 12.4. The molecular weight excluding hydrogens is 332 g/mol. The first-order valence-corrected chi connectivity index (χ1v) is 7.18. The highest BCUT2D eigenvalue weighted by Gasteiger charge is 2.48. The number of pyridine rings is 1. The predicted octanol–water partition coefficient (Wildman–Crippen LogP) is 1.44. The Morgan fingerprint density at radius 3 is 2.04 bits per heavy atom. The summed E-state index contributed by atoms with van der Waals surface area (Å²) in [6.45, 7) is 3.17. The molecule has 1 aromatic heterocycles. The molecule has 1 N–H and O–H groups in total. The minimum absolute atomic E-state index is 0.00773. The SMILES string of the molecule is COC(=O)c1c(C)nc(C)c(C(=O)OC)c1C1(OC)C=CO/C1=N/O. The van der Waals surface area contributed by atoms with Crippen molar-refractivity contribution < 1.29 is 33.7 Å². The fourth-order valence-corrected chi connectivity index (χ4v) is 2.82. The van der Waals surface area contributed by atoms with E-state index < -0.39 is 17.5 Å². The molecule has 1 aliphatic heterocycles. The minimum atomic E-state index is -1.62. The molecule has 1 atom stereocenters.